The number of hydrogen-bond donors (Lipinski definition) is 2. The summed E-state index contributed by atoms with van der Waals surface area (Å²) in [7, 11) is 0. The molecule has 1 aliphatic carbocycles. The monoisotopic (exact) mass is 535 g/mol. The van der Waals surface area contributed by atoms with Crippen LogP contribution >= 0.6 is 11.3 Å². The van der Waals surface area contributed by atoms with Crippen LogP contribution in [0.4, 0.5) is 5.69 Å². The summed E-state index contributed by atoms with van der Waals surface area (Å²) >= 11 is 1.19. The third-order valence-electron chi connectivity index (χ3n) is 7.20. The third kappa shape index (κ3) is 5.70. The van der Waals surface area contributed by atoms with Gasteiger partial charge in [-0.1, -0.05) is 32.1 Å². The van der Waals surface area contributed by atoms with Crippen molar-refractivity contribution >= 4 is 34.6 Å². The Balaban J connectivity index is 1.64. The van der Waals surface area contributed by atoms with E-state index in [4.69, 9.17) is 10.2 Å². The first-order valence-electron chi connectivity index (χ1n) is 13.3. The fourth-order valence-electron chi connectivity index (χ4n) is 5.09. The fourth-order valence-corrected chi connectivity index (χ4v) is 6.09. The highest BCUT2D eigenvalue weighted by atomic mass is 32.1. The van der Waals surface area contributed by atoms with Gasteiger partial charge in [-0.25, -0.2) is 9.78 Å². The van der Waals surface area contributed by atoms with Gasteiger partial charge in [-0.15, -0.1) is 11.3 Å². The predicted molar refractivity (Wildman–Crippen MR) is 153 cm³/mol. The molecule has 0 atom stereocenters. The van der Waals surface area contributed by atoms with Crippen LogP contribution in [0.2, 0.25) is 0 Å². The number of aromatic carboxylic acids is 1. The van der Waals surface area contributed by atoms with Gasteiger partial charge in [0.25, 0.3) is 0 Å². The maximum Gasteiger partial charge on any atom is 0.348 e. The summed E-state index contributed by atoms with van der Waals surface area (Å²) in [5.41, 5.74) is 9.50. The Kier molecular flexibility index (Phi) is 8.41. The van der Waals surface area contributed by atoms with Gasteiger partial charge in [0.1, 0.15) is 16.3 Å². The van der Waals surface area contributed by atoms with Crippen molar-refractivity contribution in [2.45, 2.75) is 72.8 Å². The summed E-state index contributed by atoms with van der Waals surface area (Å²) in [5, 5.41) is 10.0. The molecule has 1 aromatic carbocycles. The smallest absolute Gasteiger partial charge is 0.348 e. The van der Waals surface area contributed by atoms with Crippen LogP contribution in [-0.2, 0) is 4.79 Å². The number of carboxylic acids is 1. The molecular weight excluding hydrogens is 498 g/mol. The number of anilines is 1. The van der Waals surface area contributed by atoms with Gasteiger partial charge in [0.05, 0.1) is 11.4 Å². The number of thiophene rings is 1. The number of nitrogens with two attached hydrogens (primary N) is 1. The van der Waals surface area contributed by atoms with E-state index in [1.807, 2.05) is 64.1 Å². The van der Waals surface area contributed by atoms with E-state index < -0.39 is 5.97 Å². The number of benzene rings is 1. The minimum absolute atomic E-state index is 0.0283. The Morgan fingerprint density at radius 3 is 2.39 bits per heavy atom. The predicted octanol–water partition coefficient (Wildman–Crippen LogP) is 7.35. The van der Waals surface area contributed by atoms with E-state index in [0.717, 1.165) is 48.1 Å². The van der Waals surface area contributed by atoms with E-state index in [9.17, 15) is 14.7 Å². The topological polar surface area (TPSA) is 110 Å². The number of nitrogens with zero attached hydrogens (tertiary/aromatic N) is 2. The molecular formula is C30H37N3O4S. The van der Waals surface area contributed by atoms with Crippen LogP contribution in [0.5, 0.6) is 0 Å². The van der Waals surface area contributed by atoms with Gasteiger partial charge in [0, 0.05) is 22.4 Å². The molecule has 3 aromatic rings. The summed E-state index contributed by atoms with van der Waals surface area (Å²) in [6.45, 7) is 9.96. The molecule has 202 valence electrons. The number of allylic oxidation sites excluding steroid dienone is 1. The molecule has 0 radical (unpaired) electrons. The summed E-state index contributed by atoms with van der Waals surface area (Å²) in [6, 6.07) is 9.34. The largest absolute Gasteiger partial charge is 0.477 e. The summed E-state index contributed by atoms with van der Waals surface area (Å²) < 4.78 is 5.87. The quantitative estimate of drug-likeness (QED) is 0.312. The molecule has 1 amide bonds. The zero-order chi connectivity index (χ0) is 27.6. The molecule has 1 saturated carbocycles. The molecule has 0 unspecified atom stereocenters. The lowest BCUT2D eigenvalue weighted by Gasteiger charge is -2.33. The number of carboxylic acid groups (broad SMARTS) is 1. The first-order chi connectivity index (χ1) is 18.1. The van der Waals surface area contributed by atoms with Crippen LogP contribution in [-0.4, -0.2) is 28.0 Å². The zero-order valence-corrected chi connectivity index (χ0v) is 23.6. The van der Waals surface area contributed by atoms with E-state index in [1.54, 1.807) is 4.90 Å². The summed E-state index contributed by atoms with van der Waals surface area (Å²) in [4.78, 5) is 33.1. The van der Waals surface area contributed by atoms with Gasteiger partial charge in [-0.05, 0) is 82.6 Å². The maximum atomic E-state index is 13.6. The molecule has 4 rings (SSSR count). The minimum Gasteiger partial charge on any atom is -0.477 e. The van der Waals surface area contributed by atoms with E-state index in [1.165, 1.54) is 11.3 Å². The minimum atomic E-state index is -1.02. The average molecular weight is 536 g/mol. The van der Waals surface area contributed by atoms with Gasteiger partial charge in [-0.2, -0.15) is 0 Å². The van der Waals surface area contributed by atoms with Crippen LogP contribution in [0, 0.1) is 18.8 Å². The van der Waals surface area contributed by atoms with Crippen molar-refractivity contribution in [3.8, 4) is 21.9 Å². The molecule has 1 aliphatic rings. The number of hydrogen-bond acceptors (Lipinski definition) is 6. The first kappa shape index (κ1) is 27.6. The van der Waals surface area contributed by atoms with Crippen molar-refractivity contribution in [3.05, 3.63) is 52.7 Å². The molecule has 7 nitrogen and oxygen atoms in total. The number of oxazole rings is 1. The molecule has 2 heterocycles. The molecule has 38 heavy (non-hydrogen) atoms. The van der Waals surface area contributed by atoms with Crippen molar-refractivity contribution in [2.24, 2.45) is 17.6 Å². The van der Waals surface area contributed by atoms with Crippen molar-refractivity contribution < 1.29 is 19.1 Å². The van der Waals surface area contributed by atoms with E-state index in [2.05, 4.69) is 11.9 Å². The molecule has 3 N–H and O–H groups in total. The second-order valence-electron chi connectivity index (χ2n) is 10.5. The standard InChI is InChI=1S/C30H37N3O4S/c1-6-7-23(31)26-19(5)37-28(32-26)21-14-12-20(13-15-21)25-16-24(27(38-25)30(35)36)33(17(2)3)29(34)22-10-8-18(4)9-11-22/h7,12-18,22H,6,8-11,31H2,1-5H3,(H,35,36)/b23-7+. The Hall–Kier alpha value is -3.39. The van der Waals surface area contributed by atoms with Crippen molar-refractivity contribution in [1.82, 2.24) is 4.98 Å². The fraction of sp³-hybridized carbons (Fsp3) is 0.433. The van der Waals surface area contributed by atoms with Crippen LogP contribution in [0.3, 0.4) is 0 Å². The molecule has 2 aromatic heterocycles. The molecule has 0 aliphatic heterocycles. The highest BCUT2D eigenvalue weighted by molar-refractivity contribution is 7.18. The second kappa shape index (κ2) is 11.6. The van der Waals surface area contributed by atoms with Gasteiger partial charge >= 0.3 is 5.97 Å². The Morgan fingerprint density at radius 2 is 1.82 bits per heavy atom. The Bertz CT molecular complexity index is 1330. The van der Waals surface area contributed by atoms with Gasteiger partial charge < -0.3 is 20.2 Å². The average Bonchev–Trinajstić information content (AvgIpc) is 3.49. The number of aromatic nitrogens is 1. The van der Waals surface area contributed by atoms with E-state index >= 15 is 0 Å². The van der Waals surface area contributed by atoms with Crippen molar-refractivity contribution in [1.29, 1.82) is 0 Å². The lowest BCUT2D eigenvalue weighted by molar-refractivity contribution is -0.123. The second-order valence-corrected chi connectivity index (χ2v) is 11.5. The van der Waals surface area contributed by atoms with E-state index in [-0.39, 0.29) is 22.7 Å². The Labute approximate surface area is 228 Å². The van der Waals surface area contributed by atoms with Crippen LogP contribution in [0.15, 0.2) is 40.8 Å². The molecule has 0 bridgehead atoms. The number of carbonyl (C=O) groups is 2. The van der Waals surface area contributed by atoms with Gasteiger partial charge in [0.2, 0.25) is 11.8 Å². The van der Waals surface area contributed by atoms with Crippen LogP contribution < -0.4 is 10.6 Å². The van der Waals surface area contributed by atoms with Crippen LogP contribution in [0.25, 0.3) is 27.6 Å². The molecule has 1 fully saturated rings. The lowest BCUT2D eigenvalue weighted by atomic mass is 9.82. The van der Waals surface area contributed by atoms with Crippen LogP contribution in [0.1, 0.15) is 80.9 Å². The maximum absolute atomic E-state index is 13.6. The molecule has 8 heteroatoms. The molecule has 0 spiro atoms. The first-order valence-corrected chi connectivity index (χ1v) is 14.2. The number of amides is 1. The Morgan fingerprint density at radius 1 is 1.18 bits per heavy atom. The number of aryl methyl sites for hydroxylation is 1. The number of rotatable bonds is 8. The zero-order valence-electron chi connectivity index (χ0n) is 22.8. The molecule has 0 saturated heterocycles. The van der Waals surface area contributed by atoms with E-state index in [0.29, 0.717) is 34.6 Å². The number of carbonyl (C=O) groups excluding carboxylic acids is 1. The van der Waals surface area contributed by atoms with Gasteiger partial charge in [-0.3, -0.25) is 4.79 Å². The highest BCUT2D eigenvalue weighted by Gasteiger charge is 2.33. The van der Waals surface area contributed by atoms with Gasteiger partial charge in [0.15, 0.2) is 0 Å². The summed E-state index contributed by atoms with van der Waals surface area (Å²) in [6.07, 6.45) is 6.48. The lowest BCUT2D eigenvalue weighted by Crippen LogP contribution is -2.42. The summed E-state index contributed by atoms with van der Waals surface area (Å²) in [5.74, 6) is 0.714. The SMILES string of the molecule is CC/C=C(/N)c1nc(-c2ccc(-c3cc(N(C(=O)C4CCC(C)CC4)C(C)C)c(C(=O)O)s3)cc2)oc1C. The highest BCUT2D eigenvalue weighted by Crippen LogP contribution is 2.40. The van der Waals surface area contributed by atoms with Crippen molar-refractivity contribution in [3.63, 3.8) is 0 Å². The normalized spacial score (nSPS) is 18.1. The third-order valence-corrected chi connectivity index (χ3v) is 8.36. The van der Waals surface area contributed by atoms with Crippen molar-refractivity contribution in [2.75, 3.05) is 4.90 Å².